The van der Waals surface area contributed by atoms with Crippen molar-refractivity contribution >= 4 is 32.2 Å². The number of anilines is 1. The lowest BCUT2D eigenvalue weighted by Crippen LogP contribution is -2.48. The number of nitro groups is 1. The summed E-state index contributed by atoms with van der Waals surface area (Å²) < 4.78 is 39.4. The first-order valence-electron chi connectivity index (χ1n) is 10.7. The number of fused-ring (bicyclic) bond motifs is 1. The Hall–Kier alpha value is -2.67. The van der Waals surface area contributed by atoms with Crippen molar-refractivity contribution in [1.29, 1.82) is 0 Å². The maximum atomic E-state index is 13.3. The second kappa shape index (κ2) is 8.93. The molecule has 1 saturated carbocycles. The first-order valence-corrected chi connectivity index (χ1v) is 11.5. The number of rotatable bonds is 4. The molecule has 2 N–H and O–H groups in total. The highest BCUT2D eigenvalue weighted by Gasteiger charge is 2.43. The molecule has 9 nitrogen and oxygen atoms in total. The lowest BCUT2D eigenvalue weighted by Gasteiger charge is -2.37. The Morgan fingerprint density at radius 3 is 2.30 bits per heavy atom. The van der Waals surface area contributed by atoms with Crippen molar-refractivity contribution in [3.63, 3.8) is 0 Å². The van der Waals surface area contributed by atoms with Gasteiger partial charge in [-0.15, -0.1) is 0 Å². The van der Waals surface area contributed by atoms with Gasteiger partial charge in [-0.05, 0) is 18.8 Å². The van der Waals surface area contributed by atoms with Crippen LogP contribution in [0.1, 0.15) is 37.7 Å². The number of halogens is 3. The molecule has 2 fully saturated rings. The molecule has 1 aliphatic heterocycles. The average Bonchev–Trinajstić information content (AvgIpc) is 2.73. The minimum Gasteiger partial charge on any atom is -0.506 e. The van der Waals surface area contributed by atoms with E-state index >= 15 is 0 Å². The van der Waals surface area contributed by atoms with Crippen LogP contribution in [0.15, 0.2) is 4.79 Å². The lowest BCUT2D eigenvalue weighted by molar-refractivity contribution is -0.384. The summed E-state index contributed by atoms with van der Waals surface area (Å²) >= 11 is 0.614. The van der Waals surface area contributed by atoms with E-state index in [1.54, 1.807) is 4.90 Å². The Balaban J connectivity index is 1.66. The number of hydrogen-bond acceptors (Lipinski definition) is 9. The Morgan fingerprint density at radius 1 is 1.09 bits per heavy atom. The van der Waals surface area contributed by atoms with Crippen molar-refractivity contribution in [3.8, 4) is 11.5 Å². The average molecular weight is 488 g/mol. The van der Waals surface area contributed by atoms with E-state index in [1.807, 2.05) is 0 Å². The van der Waals surface area contributed by atoms with Crippen LogP contribution in [-0.4, -0.2) is 57.7 Å². The molecule has 1 aliphatic carbocycles. The van der Waals surface area contributed by atoms with Crippen molar-refractivity contribution < 1.29 is 28.3 Å². The minimum absolute atomic E-state index is 0.103. The summed E-state index contributed by atoms with van der Waals surface area (Å²) in [6.07, 6.45) is 0.883. The maximum absolute atomic E-state index is 13.3. The van der Waals surface area contributed by atoms with Crippen LogP contribution in [0.25, 0.3) is 10.1 Å². The summed E-state index contributed by atoms with van der Waals surface area (Å²) in [5, 5.41) is 30.8. The van der Waals surface area contributed by atoms with Crippen molar-refractivity contribution in [2.75, 3.05) is 37.6 Å². The molecule has 0 radical (unpaired) electrons. The summed E-state index contributed by atoms with van der Waals surface area (Å²) in [5.41, 5.74) is -4.50. The molecule has 0 spiro atoms. The van der Waals surface area contributed by atoms with Gasteiger partial charge in [-0.2, -0.15) is 18.2 Å². The monoisotopic (exact) mass is 488 g/mol. The van der Waals surface area contributed by atoms with Gasteiger partial charge in [0.15, 0.2) is 5.13 Å². The van der Waals surface area contributed by atoms with E-state index in [-0.39, 0.29) is 5.13 Å². The second-order valence-corrected chi connectivity index (χ2v) is 9.45. The van der Waals surface area contributed by atoms with Gasteiger partial charge in [-0.25, -0.2) is 0 Å². The fourth-order valence-corrected chi connectivity index (χ4v) is 5.85. The van der Waals surface area contributed by atoms with E-state index in [4.69, 9.17) is 0 Å². The number of benzene rings is 1. The molecule has 2 aromatic rings. The predicted molar refractivity (Wildman–Crippen MR) is 116 cm³/mol. The Morgan fingerprint density at radius 2 is 1.73 bits per heavy atom. The number of hydrogen-bond donors (Lipinski definition) is 2. The van der Waals surface area contributed by atoms with Gasteiger partial charge >= 0.3 is 11.9 Å². The summed E-state index contributed by atoms with van der Waals surface area (Å²) in [5.74, 6) is -2.61. The van der Waals surface area contributed by atoms with Gasteiger partial charge in [0.1, 0.15) is 21.4 Å². The first kappa shape index (κ1) is 23.5. The Kier molecular flexibility index (Phi) is 6.36. The van der Waals surface area contributed by atoms with E-state index in [2.05, 4.69) is 9.88 Å². The molecule has 0 bridgehead atoms. The number of phenolic OH excluding ortho intramolecular Hbond substituents is 2. The van der Waals surface area contributed by atoms with Crippen LogP contribution in [0.5, 0.6) is 11.5 Å². The van der Waals surface area contributed by atoms with E-state index < -0.39 is 49.5 Å². The number of aromatic nitrogens is 1. The number of nitro benzene ring substituents is 1. The van der Waals surface area contributed by atoms with Crippen LogP contribution in [0.2, 0.25) is 0 Å². The second-order valence-electron chi connectivity index (χ2n) is 8.47. The quantitative estimate of drug-likeness (QED) is 0.494. The van der Waals surface area contributed by atoms with Gasteiger partial charge in [-0.1, -0.05) is 30.6 Å². The number of nitrogens with zero attached hydrogens (tertiary/aromatic N) is 4. The molecule has 1 saturated heterocycles. The summed E-state index contributed by atoms with van der Waals surface area (Å²) in [7, 11) is 0. The molecule has 0 unspecified atom stereocenters. The number of alkyl halides is 3. The highest BCUT2D eigenvalue weighted by atomic mass is 32.1. The molecule has 2 heterocycles. The van der Waals surface area contributed by atoms with Gasteiger partial charge in [0, 0.05) is 32.7 Å². The highest BCUT2D eigenvalue weighted by molar-refractivity contribution is 7.22. The fraction of sp³-hybridized carbons (Fsp3) is 0.600. The summed E-state index contributed by atoms with van der Waals surface area (Å²) in [6.45, 7) is 3.37. The zero-order valence-corrected chi connectivity index (χ0v) is 18.4. The smallest absolute Gasteiger partial charge is 0.423 e. The molecule has 1 aromatic heterocycles. The first-order chi connectivity index (χ1) is 15.6. The molecule has 0 amide bonds. The molecule has 180 valence electrons. The Bertz CT molecular complexity index is 1130. The predicted octanol–water partition coefficient (Wildman–Crippen LogP) is 3.70. The van der Waals surface area contributed by atoms with Gasteiger partial charge in [0.05, 0.1) is 4.92 Å². The number of piperazine rings is 1. The van der Waals surface area contributed by atoms with Crippen LogP contribution >= 0.6 is 11.3 Å². The van der Waals surface area contributed by atoms with Crippen LogP contribution in [-0.2, 0) is 6.18 Å². The SMILES string of the molecule is O=c1nc(N2CCN(CC3CCCCC3)CC2)sc2c([N+](=O)[O-])c(O)c(C(F)(F)F)c(O)c12. The van der Waals surface area contributed by atoms with Gasteiger partial charge in [0.2, 0.25) is 5.75 Å². The van der Waals surface area contributed by atoms with Gasteiger partial charge < -0.3 is 15.1 Å². The van der Waals surface area contributed by atoms with E-state index in [0.29, 0.717) is 43.4 Å². The number of aromatic hydroxyl groups is 2. The fourth-order valence-electron chi connectivity index (χ4n) is 4.67. The third-order valence-electron chi connectivity index (χ3n) is 6.33. The molecule has 2 aliphatic rings. The number of phenols is 2. The maximum Gasteiger partial charge on any atom is 0.423 e. The summed E-state index contributed by atoms with van der Waals surface area (Å²) in [6, 6.07) is 0. The molecule has 4 rings (SSSR count). The van der Waals surface area contributed by atoms with Crippen LogP contribution in [0, 0.1) is 16.0 Å². The van der Waals surface area contributed by atoms with E-state index in [0.717, 1.165) is 6.54 Å². The standard InChI is InChI=1S/C20H23F3N4O5S/c21-20(22,23)13-15(28)12-17(14(16(13)29)27(31)32)33-19(24-18(12)30)26-8-6-25(7-9-26)10-11-4-2-1-3-5-11/h11,28-29H,1-10H2. The Labute approximate surface area is 190 Å². The van der Waals surface area contributed by atoms with Crippen molar-refractivity contribution in [2.24, 2.45) is 5.92 Å². The lowest BCUT2D eigenvalue weighted by atomic mass is 9.89. The topological polar surface area (TPSA) is 120 Å². The molecular weight excluding hydrogens is 465 g/mol. The van der Waals surface area contributed by atoms with E-state index in [1.165, 1.54) is 32.1 Å². The molecule has 1 aromatic carbocycles. The van der Waals surface area contributed by atoms with Crippen LogP contribution < -0.4 is 10.5 Å². The molecular formula is C20H23F3N4O5S. The summed E-state index contributed by atoms with van der Waals surface area (Å²) in [4.78, 5) is 30.8. The van der Waals surface area contributed by atoms with Gasteiger partial charge in [0.25, 0.3) is 5.56 Å². The third-order valence-corrected chi connectivity index (χ3v) is 7.46. The minimum atomic E-state index is -5.31. The van der Waals surface area contributed by atoms with Crippen molar-refractivity contribution in [2.45, 2.75) is 38.3 Å². The molecule has 0 atom stereocenters. The molecule has 13 heteroatoms. The van der Waals surface area contributed by atoms with Gasteiger partial charge in [-0.3, -0.25) is 19.8 Å². The normalized spacial score (nSPS) is 18.7. The zero-order chi connectivity index (χ0) is 23.9. The molecule has 33 heavy (non-hydrogen) atoms. The van der Waals surface area contributed by atoms with Crippen LogP contribution in [0.3, 0.4) is 0 Å². The van der Waals surface area contributed by atoms with E-state index in [9.17, 15) is 38.3 Å². The van der Waals surface area contributed by atoms with Crippen molar-refractivity contribution in [3.05, 3.63) is 26.0 Å². The highest BCUT2D eigenvalue weighted by Crippen LogP contribution is 2.51. The third kappa shape index (κ3) is 4.56. The largest absolute Gasteiger partial charge is 0.506 e. The van der Waals surface area contributed by atoms with Crippen molar-refractivity contribution in [1.82, 2.24) is 9.88 Å². The zero-order valence-electron chi connectivity index (χ0n) is 17.6. The van der Waals surface area contributed by atoms with Crippen LogP contribution in [0.4, 0.5) is 24.0 Å².